The number of carbonyl (C=O) groups is 2. The molecule has 1 N–H and O–H groups in total. The number of esters is 1. The Hall–Kier alpha value is -1.84. The molecule has 1 atom stereocenters. The lowest BCUT2D eigenvalue weighted by atomic mass is 9.84. The van der Waals surface area contributed by atoms with Crippen LogP contribution in [0.2, 0.25) is 0 Å². The molecule has 1 aliphatic rings. The summed E-state index contributed by atoms with van der Waals surface area (Å²) >= 11 is 0. The van der Waals surface area contributed by atoms with Crippen molar-refractivity contribution in [2.45, 2.75) is 19.3 Å². The first-order chi connectivity index (χ1) is 7.60. The van der Waals surface area contributed by atoms with Gasteiger partial charge in [-0.25, -0.2) is 0 Å². The zero-order valence-corrected chi connectivity index (χ0v) is 9.24. The van der Waals surface area contributed by atoms with E-state index in [1.165, 1.54) is 0 Å². The maximum absolute atomic E-state index is 11.9. The van der Waals surface area contributed by atoms with E-state index in [-0.39, 0.29) is 12.5 Å². The van der Waals surface area contributed by atoms with Gasteiger partial charge in [-0.3, -0.25) is 9.59 Å². The summed E-state index contributed by atoms with van der Waals surface area (Å²) in [6.45, 7) is 3.58. The minimum Gasteiger partial charge on any atom is -0.465 e. The number of benzene rings is 1. The number of anilines is 1. The van der Waals surface area contributed by atoms with Crippen LogP contribution in [0.5, 0.6) is 0 Å². The summed E-state index contributed by atoms with van der Waals surface area (Å²) in [7, 11) is 0. The van der Waals surface area contributed by atoms with E-state index in [2.05, 4.69) is 5.32 Å². The number of rotatable bonds is 2. The van der Waals surface area contributed by atoms with Crippen LogP contribution in [-0.4, -0.2) is 18.5 Å². The number of nitrogens with one attached hydrogen (secondary N) is 1. The van der Waals surface area contributed by atoms with Crippen molar-refractivity contribution in [3.05, 3.63) is 29.8 Å². The van der Waals surface area contributed by atoms with Gasteiger partial charge in [0.15, 0.2) is 5.41 Å². The maximum atomic E-state index is 11.9. The highest BCUT2D eigenvalue weighted by Gasteiger charge is 2.50. The van der Waals surface area contributed by atoms with Crippen molar-refractivity contribution in [2.24, 2.45) is 0 Å². The van der Waals surface area contributed by atoms with Crippen molar-refractivity contribution in [1.29, 1.82) is 0 Å². The third-order valence-corrected chi connectivity index (χ3v) is 2.85. The summed E-state index contributed by atoms with van der Waals surface area (Å²) in [4.78, 5) is 23.7. The summed E-state index contributed by atoms with van der Waals surface area (Å²) < 4.78 is 4.96. The van der Waals surface area contributed by atoms with Crippen LogP contribution in [0.3, 0.4) is 0 Å². The third kappa shape index (κ3) is 1.30. The van der Waals surface area contributed by atoms with Crippen LogP contribution < -0.4 is 5.32 Å². The molecule has 1 amide bonds. The molecule has 1 aromatic carbocycles. The number of fused-ring (bicyclic) bond motifs is 1. The molecule has 1 aliphatic heterocycles. The standard InChI is InChI=1S/C12H13NO3/c1-3-16-11(15)12(2)8-6-4-5-7-9(8)13-10(12)14/h4-7H,3H2,1-2H3,(H,13,14). The molecule has 2 rings (SSSR count). The topological polar surface area (TPSA) is 55.4 Å². The molecule has 4 nitrogen and oxygen atoms in total. The second kappa shape index (κ2) is 3.63. The van der Waals surface area contributed by atoms with Crippen LogP contribution in [0.1, 0.15) is 19.4 Å². The molecule has 1 unspecified atom stereocenters. The number of ether oxygens (including phenoxy) is 1. The van der Waals surface area contributed by atoms with Gasteiger partial charge in [-0.2, -0.15) is 0 Å². The van der Waals surface area contributed by atoms with Gasteiger partial charge in [0.2, 0.25) is 5.91 Å². The molecule has 0 bridgehead atoms. The zero-order chi connectivity index (χ0) is 11.8. The minimum absolute atomic E-state index is 0.268. The van der Waals surface area contributed by atoms with E-state index in [1.807, 2.05) is 6.07 Å². The Balaban J connectivity index is 2.48. The van der Waals surface area contributed by atoms with Gasteiger partial charge in [-0.05, 0) is 19.9 Å². The van der Waals surface area contributed by atoms with Gasteiger partial charge in [-0.1, -0.05) is 18.2 Å². The van der Waals surface area contributed by atoms with Crippen LogP contribution >= 0.6 is 0 Å². The Labute approximate surface area is 93.6 Å². The number of hydrogen-bond acceptors (Lipinski definition) is 3. The smallest absolute Gasteiger partial charge is 0.326 e. The van der Waals surface area contributed by atoms with Crippen molar-refractivity contribution < 1.29 is 14.3 Å². The van der Waals surface area contributed by atoms with Gasteiger partial charge in [-0.15, -0.1) is 0 Å². The summed E-state index contributed by atoms with van der Waals surface area (Å²) in [6, 6.07) is 7.16. The molecule has 0 saturated heterocycles. The van der Waals surface area contributed by atoms with Gasteiger partial charge in [0.1, 0.15) is 0 Å². The first-order valence-corrected chi connectivity index (χ1v) is 5.19. The van der Waals surface area contributed by atoms with Crippen LogP contribution in [-0.2, 0) is 19.7 Å². The predicted molar refractivity (Wildman–Crippen MR) is 59.1 cm³/mol. The Morgan fingerprint density at radius 3 is 2.81 bits per heavy atom. The Morgan fingerprint density at radius 2 is 2.12 bits per heavy atom. The molecule has 0 fully saturated rings. The Kier molecular flexibility index (Phi) is 2.42. The van der Waals surface area contributed by atoms with E-state index in [1.54, 1.807) is 32.0 Å². The first-order valence-electron chi connectivity index (χ1n) is 5.19. The third-order valence-electron chi connectivity index (χ3n) is 2.85. The number of amides is 1. The molecule has 84 valence electrons. The Bertz CT molecular complexity index is 455. The molecule has 4 heteroatoms. The quantitative estimate of drug-likeness (QED) is 0.605. The summed E-state index contributed by atoms with van der Waals surface area (Å²) in [6.07, 6.45) is 0. The molecular formula is C12H13NO3. The van der Waals surface area contributed by atoms with E-state index in [9.17, 15) is 9.59 Å². The second-order valence-electron chi connectivity index (χ2n) is 3.85. The molecule has 1 aromatic rings. The van der Waals surface area contributed by atoms with Crippen LogP contribution in [0.15, 0.2) is 24.3 Å². The molecule has 0 saturated carbocycles. The molecule has 0 aliphatic carbocycles. The predicted octanol–water partition coefficient (Wildman–Crippen LogP) is 1.46. The monoisotopic (exact) mass is 219 g/mol. The molecule has 0 spiro atoms. The summed E-state index contributed by atoms with van der Waals surface area (Å²) in [5.41, 5.74) is 0.147. The largest absolute Gasteiger partial charge is 0.465 e. The molecule has 0 aromatic heterocycles. The van der Waals surface area contributed by atoms with Gasteiger partial charge >= 0.3 is 5.97 Å². The highest BCUT2D eigenvalue weighted by molar-refractivity contribution is 6.18. The van der Waals surface area contributed by atoms with Crippen LogP contribution in [0.4, 0.5) is 5.69 Å². The summed E-state index contributed by atoms with van der Waals surface area (Å²) in [5, 5.41) is 2.69. The fourth-order valence-electron chi connectivity index (χ4n) is 1.88. The number of carbonyl (C=O) groups excluding carboxylic acids is 2. The van der Waals surface area contributed by atoms with Crippen molar-refractivity contribution in [3.63, 3.8) is 0 Å². The maximum Gasteiger partial charge on any atom is 0.326 e. The first kappa shape index (κ1) is 10.7. The molecular weight excluding hydrogens is 206 g/mol. The fourth-order valence-corrected chi connectivity index (χ4v) is 1.88. The van der Waals surface area contributed by atoms with Crippen LogP contribution in [0, 0.1) is 0 Å². The normalized spacial score (nSPS) is 22.5. The summed E-state index contributed by atoms with van der Waals surface area (Å²) in [5.74, 6) is -0.829. The fraction of sp³-hybridized carbons (Fsp3) is 0.333. The second-order valence-corrected chi connectivity index (χ2v) is 3.85. The van der Waals surface area contributed by atoms with Crippen molar-refractivity contribution >= 4 is 17.6 Å². The number of hydrogen-bond donors (Lipinski definition) is 1. The van der Waals surface area contributed by atoms with Crippen molar-refractivity contribution in [2.75, 3.05) is 11.9 Å². The zero-order valence-electron chi connectivity index (χ0n) is 9.24. The lowest BCUT2D eigenvalue weighted by Crippen LogP contribution is -2.40. The van der Waals surface area contributed by atoms with Crippen LogP contribution in [0.25, 0.3) is 0 Å². The van der Waals surface area contributed by atoms with Crippen molar-refractivity contribution in [3.8, 4) is 0 Å². The van der Waals surface area contributed by atoms with Gasteiger partial charge in [0.25, 0.3) is 0 Å². The number of para-hydroxylation sites is 1. The van der Waals surface area contributed by atoms with Crippen molar-refractivity contribution in [1.82, 2.24) is 0 Å². The van der Waals surface area contributed by atoms with E-state index in [4.69, 9.17) is 4.74 Å². The molecule has 0 radical (unpaired) electrons. The average Bonchev–Trinajstić information content (AvgIpc) is 2.53. The van der Waals surface area contributed by atoms with Gasteiger partial charge in [0, 0.05) is 11.3 Å². The lowest BCUT2D eigenvalue weighted by molar-refractivity contribution is -0.152. The Morgan fingerprint density at radius 1 is 1.44 bits per heavy atom. The lowest BCUT2D eigenvalue weighted by Gasteiger charge is -2.19. The minimum atomic E-state index is -1.22. The van der Waals surface area contributed by atoms with E-state index >= 15 is 0 Å². The van der Waals surface area contributed by atoms with E-state index in [0.29, 0.717) is 11.3 Å². The van der Waals surface area contributed by atoms with E-state index in [0.717, 1.165) is 0 Å². The van der Waals surface area contributed by atoms with Gasteiger partial charge in [0.05, 0.1) is 6.61 Å². The molecule has 1 heterocycles. The highest BCUT2D eigenvalue weighted by Crippen LogP contribution is 2.38. The van der Waals surface area contributed by atoms with Gasteiger partial charge < -0.3 is 10.1 Å². The molecule has 16 heavy (non-hydrogen) atoms. The highest BCUT2D eigenvalue weighted by atomic mass is 16.5. The average molecular weight is 219 g/mol. The SMILES string of the molecule is CCOC(=O)C1(C)C(=O)Nc2ccccc21. The van der Waals surface area contributed by atoms with E-state index < -0.39 is 11.4 Å².